The molecule has 59 heavy (non-hydrogen) atoms. The average molecular weight is 842 g/mol. The fraction of sp³-hybridized carbons (Fsp3) is 0.520. The summed E-state index contributed by atoms with van der Waals surface area (Å²) in [5, 5.41) is 45.7. The molecule has 8 atom stereocenters. The van der Waals surface area contributed by atoms with Crippen molar-refractivity contribution in [3.8, 4) is 142 Å². The average Bonchev–Trinajstić information content (AvgIpc) is 3.23. The predicted molar refractivity (Wildman–Crippen MR) is 277 cm³/mol. The molecule has 9 heteroatoms. The lowest BCUT2D eigenvalue weighted by Crippen LogP contribution is -2.66. The van der Waals surface area contributed by atoms with Gasteiger partial charge in [-0.2, -0.15) is 0 Å². The van der Waals surface area contributed by atoms with Crippen LogP contribution >= 0.6 is 0 Å². The molecule has 2 aliphatic rings. The minimum absolute atomic E-state index is 0. The van der Waals surface area contributed by atoms with Crippen molar-refractivity contribution in [1.82, 2.24) is 5.32 Å². The van der Waals surface area contributed by atoms with Gasteiger partial charge in [-0.3, -0.25) is 5.32 Å². The second-order valence-electron chi connectivity index (χ2n) is 13.1. The van der Waals surface area contributed by atoms with E-state index in [9.17, 15) is 20.4 Å². The molecule has 0 aromatic rings. The predicted octanol–water partition coefficient (Wildman–Crippen LogP) is 8.52. The molecule has 0 spiro atoms. The third-order valence-electron chi connectivity index (χ3n) is 8.67. The summed E-state index contributed by atoms with van der Waals surface area (Å²) in [6.45, 7) is 3.92. The first-order chi connectivity index (χ1) is 29.0. The van der Waals surface area contributed by atoms with Crippen molar-refractivity contribution in [2.75, 3.05) is 19.9 Å². The Kier molecular flexibility index (Phi) is 28.7. The molecule has 2 rings (SSSR count). The summed E-state index contributed by atoms with van der Waals surface area (Å²) in [6, 6.07) is -0.811. The first-order valence-electron chi connectivity index (χ1n) is 19.9. The number of aliphatic hydroxyl groups excluding tert-OH is 4. The van der Waals surface area contributed by atoms with Crippen LogP contribution in [-0.2, 0) is 18.9 Å². The second-order valence-corrected chi connectivity index (χ2v) is 13.1. The van der Waals surface area contributed by atoms with Crippen molar-refractivity contribution in [1.29, 1.82) is 0 Å². The highest BCUT2D eigenvalue weighted by molar-refractivity contribution is 5.47. The highest BCUT2D eigenvalue weighted by Gasteiger charge is 2.51. The Hall–Kier alpha value is -5.80. The van der Waals surface area contributed by atoms with Gasteiger partial charge in [0.15, 0.2) is 13.0 Å². The van der Waals surface area contributed by atoms with Gasteiger partial charge in [-0.15, -0.1) is 0 Å². The number of hydrogen-bond donors (Lipinski definition) is 5. The molecule has 0 aromatic carbocycles. The van der Waals surface area contributed by atoms with E-state index in [0.717, 1.165) is 19.3 Å². The molecule has 2 saturated heterocycles. The molecule has 2 heterocycles. The van der Waals surface area contributed by atoms with E-state index in [-0.39, 0.29) is 54.2 Å². The lowest BCUT2D eigenvalue weighted by molar-refractivity contribution is -0.351. The highest BCUT2D eigenvalue weighted by Crippen LogP contribution is 2.30. The molecule has 2 unspecified atom stereocenters. The zero-order valence-corrected chi connectivity index (χ0v) is 33.9. The van der Waals surface area contributed by atoms with Crippen LogP contribution in [-0.4, -0.2) is 89.3 Å². The van der Waals surface area contributed by atoms with Crippen LogP contribution in [0.2, 0.25) is 0 Å². The summed E-state index contributed by atoms with van der Waals surface area (Å²) in [4.78, 5) is 0. The quantitative estimate of drug-likeness (QED) is 0.0439. The van der Waals surface area contributed by atoms with E-state index < -0.39 is 49.0 Å². The molecule has 2 fully saturated rings. The van der Waals surface area contributed by atoms with Gasteiger partial charge in [-0.1, -0.05) is 89.9 Å². The first kappa shape index (κ1) is 49.3. The van der Waals surface area contributed by atoms with Crippen molar-refractivity contribution in [3.63, 3.8) is 0 Å². The largest absolute Gasteiger partial charge is 0.430 e. The van der Waals surface area contributed by atoms with E-state index in [2.05, 4.69) is 155 Å². The van der Waals surface area contributed by atoms with Gasteiger partial charge in [0.2, 0.25) is 0 Å². The maximum Gasteiger partial charge on any atom is 0.186 e. The Bertz CT molecular complexity index is 2160. The SMILES string of the molecule is CC#CC#CC#CC#CC#CC#CC#CC#CC#CC#CC#CC#COCN[C@@H](CO[C@H]1OC2CO[C@@H]2[C@H](O)C1O)[C@H](O)[C@H](O)CCCCCCCCCCCCCC.[HH].[HH].[HH].[HH].[HH].[HH].[HH].[HH].[HH].[HH].[HH].[HH].[HH].[HH].[HH].[HH].[HH].[HH].[HH].[HH].[HH].[HH].[HH].[HH]. The smallest absolute Gasteiger partial charge is 0.186 e. The summed E-state index contributed by atoms with van der Waals surface area (Å²) in [6.07, 6.45) is 10.3. The monoisotopic (exact) mass is 842 g/mol. The zero-order valence-electron chi connectivity index (χ0n) is 33.9. The number of nitrogens with one attached hydrogen (secondary N) is 1. The van der Waals surface area contributed by atoms with E-state index in [1.165, 1.54) is 57.8 Å². The van der Waals surface area contributed by atoms with E-state index in [1.807, 2.05) is 0 Å². The molecule has 0 amide bonds. The Morgan fingerprint density at radius 1 is 0.610 bits per heavy atom. The van der Waals surface area contributed by atoms with Gasteiger partial charge in [-0.25, -0.2) is 0 Å². The van der Waals surface area contributed by atoms with E-state index >= 15 is 0 Å². The number of rotatable bonds is 21. The van der Waals surface area contributed by atoms with Crippen LogP contribution in [0.4, 0.5) is 0 Å². The molecule has 352 valence electrons. The standard InChI is InChI=1S/C50H51NO8.24H2/c1-3-5-7-9-11-13-15-17-18-19-20-21-22-23-24-25-26-27-29-31-33-35-37-39-56-42-51-43(40-58-50-48(55)47(54)49-45(59-50)41-57-49)46(53)44(52)38-36-34-32-30-28-16-14-12-10-8-6-4-2;;;;;;;;;;;;;;;;;;;;;;;;/h43-55H,4,6,8,10,12,14,16,28,30,32,34,36,38,40-42H2,1-2H3;24*1H/t43-,44+,45?,46-,47+,48?,49-,50-;;;;;;;;;;;;;;;;;;;;;;;;/m0......................../s1. The Morgan fingerprint density at radius 2 is 1.05 bits per heavy atom. The fourth-order valence-electron chi connectivity index (χ4n) is 5.51. The summed E-state index contributed by atoms with van der Waals surface area (Å²) >= 11 is 0. The van der Waals surface area contributed by atoms with Crippen LogP contribution in [0.25, 0.3) is 0 Å². The van der Waals surface area contributed by atoms with Crippen LogP contribution < -0.4 is 5.32 Å². The molecule has 0 aromatic heterocycles. The molecule has 0 radical (unpaired) electrons. The molecule has 0 saturated carbocycles. The Labute approximate surface area is 387 Å². The van der Waals surface area contributed by atoms with E-state index in [4.69, 9.17) is 18.9 Å². The first-order valence-corrected chi connectivity index (χ1v) is 19.9. The van der Waals surface area contributed by atoms with Gasteiger partial charge in [0.25, 0.3) is 0 Å². The number of ether oxygens (including phenoxy) is 4. The lowest BCUT2D eigenvalue weighted by Gasteiger charge is -2.48. The summed E-state index contributed by atoms with van der Waals surface area (Å²) in [7, 11) is 0. The Balaban J connectivity index is -0.0000000714. The van der Waals surface area contributed by atoms with Gasteiger partial charge in [-0.05, 0) is 60.7 Å². The maximum atomic E-state index is 11.1. The van der Waals surface area contributed by atoms with E-state index in [1.54, 1.807) is 6.92 Å². The molecule has 2 aliphatic heterocycles. The molecular weight excluding hydrogens is 743 g/mol. The third kappa shape index (κ3) is 23.9. The van der Waals surface area contributed by atoms with Gasteiger partial charge < -0.3 is 39.4 Å². The van der Waals surface area contributed by atoms with Crippen LogP contribution in [0, 0.1) is 142 Å². The minimum Gasteiger partial charge on any atom is -0.430 e. The summed E-state index contributed by atoms with van der Waals surface area (Å²) < 4.78 is 22.1. The minimum atomic E-state index is -1.34. The molecule has 0 aliphatic carbocycles. The number of fused-ring (bicyclic) bond motifs is 1. The molecule has 0 bridgehead atoms. The molecule has 9 nitrogen and oxygen atoms in total. The van der Waals surface area contributed by atoms with Crippen LogP contribution in [0.3, 0.4) is 0 Å². The van der Waals surface area contributed by atoms with Crippen molar-refractivity contribution in [3.05, 3.63) is 0 Å². The van der Waals surface area contributed by atoms with Gasteiger partial charge >= 0.3 is 0 Å². The molecule has 5 N–H and O–H groups in total. The zero-order chi connectivity index (χ0) is 42.4. The maximum absolute atomic E-state index is 11.1. The second kappa shape index (κ2) is 34.3. The van der Waals surface area contributed by atoms with Crippen molar-refractivity contribution >= 4 is 0 Å². The van der Waals surface area contributed by atoms with Gasteiger partial charge in [0.05, 0.1) is 31.5 Å². The lowest BCUT2D eigenvalue weighted by atomic mass is 9.95. The van der Waals surface area contributed by atoms with Crippen molar-refractivity contribution in [2.45, 2.75) is 146 Å². The normalized spacial score (nSPS) is 18.6. The topological polar surface area (TPSA) is 130 Å². The molecular formula is C50H99NO8. The van der Waals surface area contributed by atoms with Crippen molar-refractivity contribution < 1.29 is 73.6 Å². The summed E-state index contributed by atoms with van der Waals surface area (Å²) in [5.41, 5.74) is 0. The number of unbranched alkanes of at least 4 members (excludes halogenated alkanes) is 11. The van der Waals surface area contributed by atoms with Gasteiger partial charge in [0.1, 0.15) is 30.5 Å². The summed E-state index contributed by atoms with van der Waals surface area (Å²) in [5.74, 6) is 58.0. The Morgan fingerprint density at radius 3 is 1.49 bits per heavy atom. The van der Waals surface area contributed by atoms with Crippen LogP contribution in [0.5, 0.6) is 0 Å². The van der Waals surface area contributed by atoms with E-state index in [0.29, 0.717) is 6.42 Å². The van der Waals surface area contributed by atoms with Gasteiger partial charge in [0, 0.05) is 117 Å². The van der Waals surface area contributed by atoms with Crippen molar-refractivity contribution in [2.24, 2.45) is 0 Å². The fourth-order valence-corrected chi connectivity index (χ4v) is 5.51. The third-order valence-corrected chi connectivity index (χ3v) is 8.67. The van der Waals surface area contributed by atoms with Crippen LogP contribution in [0.15, 0.2) is 0 Å². The van der Waals surface area contributed by atoms with Crippen LogP contribution in [0.1, 0.15) is 132 Å². The highest BCUT2D eigenvalue weighted by atomic mass is 16.7. The number of hydrogen-bond acceptors (Lipinski definition) is 9. The number of aliphatic hydroxyl groups is 4.